The molecule has 4 rings (SSSR count). The maximum atomic E-state index is 14.5. The average molecular weight is 416 g/mol. The van der Waals surface area contributed by atoms with Crippen LogP contribution in [0.1, 0.15) is 15.9 Å². The van der Waals surface area contributed by atoms with Gasteiger partial charge in [-0.1, -0.05) is 0 Å². The number of aromatic nitrogens is 2. The number of pyridine rings is 2. The quantitative estimate of drug-likeness (QED) is 0.499. The SMILES string of the molecule is CN(C)c1ccc2c(Oc3cc(C(=O)NCc4ccncc4)ccc3F)ccnc2c1. The summed E-state index contributed by atoms with van der Waals surface area (Å²) < 4.78 is 20.3. The molecule has 4 aromatic rings. The van der Waals surface area contributed by atoms with Crippen LogP contribution in [-0.4, -0.2) is 30.0 Å². The van der Waals surface area contributed by atoms with E-state index in [0.29, 0.717) is 17.9 Å². The third kappa shape index (κ3) is 4.61. The molecule has 0 spiro atoms. The number of anilines is 1. The number of carbonyl (C=O) groups is 1. The van der Waals surface area contributed by atoms with Gasteiger partial charge in [0.05, 0.1) is 5.52 Å². The molecule has 6 nitrogen and oxygen atoms in total. The first kappa shape index (κ1) is 20.3. The standard InChI is InChI=1S/C24H21FN4O2/c1-29(2)18-4-5-19-21(14-18)27-12-9-22(19)31-23-13-17(3-6-20(23)25)24(30)28-15-16-7-10-26-11-8-16/h3-14H,15H2,1-2H3,(H,28,30). The van der Waals surface area contributed by atoms with Crippen LogP contribution >= 0.6 is 0 Å². The number of nitrogens with zero attached hydrogens (tertiary/aromatic N) is 3. The van der Waals surface area contributed by atoms with Crippen LogP contribution in [0.15, 0.2) is 73.2 Å². The molecule has 0 aliphatic rings. The van der Waals surface area contributed by atoms with Crippen molar-refractivity contribution in [1.29, 1.82) is 0 Å². The molecule has 1 amide bonds. The number of hydrogen-bond acceptors (Lipinski definition) is 5. The number of rotatable bonds is 6. The average Bonchev–Trinajstić information content (AvgIpc) is 2.79. The minimum Gasteiger partial charge on any atom is -0.453 e. The number of halogens is 1. The summed E-state index contributed by atoms with van der Waals surface area (Å²) >= 11 is 0. The van der Waals surface area contributed by atoms with Gasteiger partial charge in [-0.2, -0.15) is 0 Å². The minimum atomic E-state index is -0.555. The van der Waals surface area contributed by atoms with Crippen molar-refractivity contribution < 1.29 is 13.9 Å². The summed E-state index contributed by atoms with van der Waals surface area (Å²) in [7, 11) is 3.89. The Hall–Kier alpha value is -4.00. The molecule has 0 bridgehead atoms. The zero-order chi connectivity index (χ0) is 21.8. The number of benzene rings is 2. The van der Waals surface area contributed by atoms with Crippen molar-refractivity contribution in [2.24, 2.45) is 0 Å². The molecular weight excluding hydrogens is 395 g/mol. The summed E-state index contributed by atoms with van der Waals surface area (Å²) in [5.41, 5.74) is 2.95. The molecule has 0 aliphatic heterocycles. The van der Waals surface area contributed by atoms with Crippen LogP contribution in [0.4, 0.5) is 10.1 Å². The van der Waals surface area contributed by atoms with Crippen LogP contribution in [0.3, 0.4) is 0 Å². The predicted octanol–water partition coefficient (Wildman–Crippen LogP) is 4.56. The number of ether oxygens (including phenoxy) is 1. The molecule has 0 fully saturated rings. The Bertz CT molecular complexity index is 1230. The van der Waals surface area contributed by atoms with E-state index in [1.807, 2.05) is 49.3 Å². The lowest BCUT2D eigenvalue weighted by Gasteiger charge is -2.14. The zero-order valence-electron chi connectivity index (χ0n) is 17.2. The van der Waals surface area contributed by atoms with E-state index in [4.69, 9.17) is 4.74 Å². The first-order valence-electron chi connectivity index (χ1n) is 9.72. The summed E-state index contributed by atoms with van der Waals surface area (Å²) in [5.74, 6) is -0.443. The number of hydrogen-bond donors (Lipinski definition) is 1. The van der Waals surface area contributed by atoms with Gasteiger partial charge < -0.3 is 15.0 Å². The van der Waals surface area contributed by atoms with Crippen molar-refractivity contribution in [2.45, 2.75) is 6.54 Å². The van der Waals surface area contributed by atoms with Gasteiger partial charge in [0.2, 0.25) is 0 Å². The fourth-order valence-electron chi connectivity index (χ4n) is 3.10. The zero-order valence-corrected chi connectivity index (χ0v) is 17.2. The highest BCUT2D eigenvalue weighted by Crippen LogP contribution is 2.32. The Kier molecular flexibility index (Phi) is 5.75. The minimum absolute atomic E-state index is 0.0271. The van der Waals surface area contributed by atoms with E-state index in [2.05, 4.69) is 15.3 Å². The number of nitrogens with one attached hydrogen (secondary N) is 1. The van der Waals surface area contributed by atoms with E-state index < -0.39 is 5.82 Å². The van der Waals surface area contributed by atoms with Gasteiger partial charge in [0.1, 0.15) is 5.75 Å². The maximum absolute atomic E-state index is 14.5. The van der Waals surface area contributed by atoms with E-state index in [9.17, 15) is 9.18 Å². The molecule has 0 unspecified atom stereocenters. The topological polar surface area (TPSA) is 67.3 Å². The van der Waals surface area contributed by atoms with E-state index in [1.54, 1.807) is 24.7 Å². The van der Waals surface area contributed by atoms with E-state index >= 15 is 0 Å². The van der Waals surface area contributed by atoms with Gasteiger partial charge in [0.15, 0.2) is 11.6 Å². The van der Waals surface area contributed by atoms with Crippen molar-refractivity contribution >= 4 is 22.5 Å². The fraction of sp³-hybridized carbons (Fsp3) is 0.125. The summed E-state index contributed by atoms with van der Waals surface area (Å²) in [6.07, 6.45) is 4.93. The summed E-state index contributed by atoms with van der Waals surface area (Å²) in [4.78, 5) is 22.8. The van der Waals surface area contributed by atoms with Crippen LogP contribution in [0.5, 0.6) is 11.5 Å². The lowest BCUT2D eigenvalue weighted by molar-refractivity contribution is 0.0950. The van der Waals surface area contributed by atoms with Crippen LogP contribution in [0.25, 0.3) is 10.9 Å². The van der Waals surface area contributed by atoms with Crippen LogP contribution in [0.2, 0.25) is 0 Å². The molecule has 0 radical (unpaired) electrons. The molecule has 7 heteroatoms. The molecule has 2 aromatic heterocycles. The maximum Gasteiger partial charge on any atom is 0.251 e. The van der Waals surface area contributed by atoms with Gasteiger partial charge in [-0.05, 0) is 60.2 Å². The Labute approximate surface area is 179 Å². The van der Waals surface area contributed by atoms with Crippen molar-refractivity contribution in [1.82, 2.24) is 15.3 Å². The first-order valence-corrected chi connectivity index (χ1v) is 9.72. The first-order chi connectivity index (χ1) is 15.0. The largest absolute Gasteiger partial charge is 0.453 e. The van der Waals surface area contributed by atoms with Gasteiger partial charge in [0, 0.05) is 55.9 Å². The van der Waals surface area contributed by atoms with Crippen molar-refractivity contribution in [2.75, 3.05) is 19.0 Å². The molecule has 2 aromatic carbocycles. The molecule has 1 N–H and O–H groups in total. The second-order valence-electron chi connectivity index (χ2n) is 7.19. The lowest BCUT2D eigenvalue weighted by atomic mass is 10.1. The van der Waals surface area contributed by atoms with Crippen molar-refractivity contribution in [3.05, 3.63) is 90.1 Å². The number of fused-ring (bicyclic) bond motifs is 1. The van der Waals surface area contributed by atoms with Crippen LogP contribution in [0, 0.1) is 5.82 Å². The van der Waals surface area contributed by atoms with Gasteiger partial charge in [-0.25, -0.2) is 4.39 Å². The lowest BCUT2D eigenvalue weighted by Crippen LogP contribution is -2.22. The number of amides is 1. The third-order valence-corrected chi connectivity index (χ3v) is 4.82. The summed E-state index contributed by atoms with van der Waals surface area (Å²) in [5, 5.41) is 3.56. The van der Waals surface area contributed by atoms with E-state index in [1.165, 1.54) is 18.2 Å². The Morgan fingerprint density at radius 2 is 1.81 bits per heavy atom. The Balaban J connectivity index is 1.57. The second-order valence-corrected chi connectivity index (χ2v) is 7.19. The normalized spacial score (nSPS) is 10.7. The van der Waals surface area contributed by atoms with Crippen molar-refractivity contribution in [3.63, 3.8) is 0 Å². The molecule has 0 aliphatic carbocycles. The molecule has 0 saturated carbocycles. The highest BCUT2D eigenvalue weighted by Gasteiger charge is 2.13. The summed E-state index contributed by atoms with van der Waals surface area (Å²) in [6, 6.07) is 15.1. The number of carbonyl (C=O) groups excluding carboxylic acids is 1. The monoisotopic (exact) mass is 416 g/mol. The van der Waals surface area contributed by atoms with Gasteiger partial charge in [0.25, 0.3) is 5.91 Å². The van der Waals surface area contributed by atoms with Crippen LogP contribution in [-0.2, 0) is 6.54 Å². The van der Waals surface area contributed by atoms with E-state index in [-0.39, 0.29) is 11.7 Å². The molecule has 0 saturated heterocycles. The van der Waals surface area contributed by atoms with E-state index in [0.717, 1.165) is 22.2 Å². The Morgan fingerprint density at radius 3 is 2.58 bits per heavy atom. The molecule has 2 heterocycles. The molecule has 0 atom stereocenters. The third-order valence-electron chi connectivity index (χ3n) is 4.82. The molecular formula is C24H21FN4O2. The molecule has 31 heavy (non-hydrogen) atoms. The smallest absolute Gasteiger partial charge is 0.251 e. The Morgan fingerprint density at radius 1 is 1.00 bits per heavy atom. The van der Waals surface area contributed by atoms with Crippen molar-refractivity contribution in [3.8, 4) is 11.5 Å². The van der Waals surface area contributed by atoms with Gasteiger partial charge in [-0.3, -0.25) is 14.8 Å². The van der Waals surface area contributed by atoms with Crippen LogP contribution < -0.4 is 15.0 Å². The highest BCUT2D eigenvalue weighted by atomic mass is 19.1. The molecule has 156 valence electrons. The highest BCUT2D eigenvalue weighted by molar-refractivity contribution is 5.94. The summed E-state index contributed by atoms with van der Waals surface area (Å²) in [6.45, 7) is 0.345. The predicted molar refractivity (Wildman–Crippen MR) is 118 cm³/mol. The second kappa shape index (κ2) is 8.79. The van der Waals surface area contributed by atoms with Gasteiger partial charge >= 0.3 is 0 Å². The van der Waals surface area contributed by atoms with Gasteiger partial charge in [-0.15, -0.1) is 0 Å². The fourth-order valence-corrected chi connectivity index (χ4v) is 3.10.